The average Bonchev–Trinajstić information content (AvgIpc) is 3.05. The molecule has 2 fully saturated rings. The second-order valence-electron chi connectivity index (χ2n) is 6.17. The molecule has 7 nitrogen and oxygen atoms in total. The SMILES string of the molecule is Cc1nc(C2CCN(C(=O)[C@H]3C[C@H](N)[C@@H](O)C3)CC2)no1. The third kappa shape index (κ3) is 2.94. The molecule has 2 heterocycles. The van der Waals surface area contributed by atoms with Crippen LogP contribution in [0.1, 0.15) is 43.3 Å². The predicted octanol–water partition coefficient (Wildman–Crippen LogP) is 0.182. The minimum absolute atomic E-state index is 0.126. The molecule has 3 atom stereocenters. The summed E-state index contributed by atoms with van der Waals surface area (Å²) in [6.07, 6.45) is 2.24. The number of nitrogens with zero attached hydrogens (tertiary/aromatic N) is 3. The number of hydrogen-bond acceptors (Lipinski definition) is 6. The summed E-state index contributed by atoms with van der Waals surface area (Å²) >= 11 is 0. The zero-order chi connectivity index (χ0) is 15.0. The molecule has 0 bridgehead atoms. The van der Waals surface area contributed by atoms with Gasteiger partial charge in [-0.05, 0) is 25.7 Å². The molecule has 0 aromatic carbocycles. The van der Waals surface area contributed by atoms with Gasteiger partial charge in [-0.2, -0.15) is 4.98 Å². The highest BCUT2D eigenvalue weighted by atomic mass is 16.5. The van der Waals surface area contributed by atoms with Crippen molar-refractivity contribution in [2.24, 2.45) is 11.7 Å². The minimum Gasteiger partial charge on any atom is -0.391 e. The van der Waals surface area contributed by atoms with Crippen LogP contribution in [-0.4, -0.2) is 51.3 Å². The molecule has 1 aromatic heterocycles. The van der Waals surface area contributed by atoms with Gasteiger partial charge in [0, 0.05) is 37.9 Å². The summed E-state index contributed by atoms with van der Waals surface area (Å²) in [6.45, 7) is 3.20. The van der Waals surface area contributed by atoms with Crippen molar-refractivity contribution in [1.29, 1.82) is 0 Å². The Balaban J connectivity index is 1.55. The first-order valence-corrected chi connectivity index (χ1v) is 7.57. The van der Waals surface area contributed by atoms with Crippen LogP contribution >= 0.6 is 0 Å². The normalized spacial score (nSPS) is 30.8. The third-order valence-corrected chi connectivity index (χ3v) is 4.64. The maximum Gasteiger partial charge on any atom is 0.225 e. The number of aryl methyl sites for hydroxylation is 1. The van der Waals surface area contributed by atoms with Crippen molar-refractivity contribution in [2.45, 2.75) is 50.7 Å². The lowest BCUT2D eigenvalue weighted by Crippen LogP contribution is -2.41. The van der Waals surface area contributed by atoms with E-state index >= 15 is 0 Å². The highest BCUT2D eigenvalue weighted by Crippen LogP contribution is 2.30. The van der Waals surface area contributed by atoms with Gasteiger partial charge in [-0.3, -0.25) is 4.79 Å². The van der Waals surface area contributed by atoms with Gasteiger partial charge in [0.1, 0.15) is 0 Å². The van der Waals surface area contributed by atoms with E-state index in [1.54, 1.807) is 6.92 Å². The van der Waals surface area contributed by atoms with Crippen LogP contribution in [0.15, 0.2) is 4.52 Å². The monoisotopic (exact) mass is 294 g/mol. The van der Waals surface area contributed by atoms with Crippen LogP contribution in [0.25, 0.3) is 0 Å². The lowest BCUT2D eigenvalue weighted by atomic mass is 9.94. The first-order chi connectivity index (χ1) is 10.0. The second kappa shape index (κ2) is 5.73. The van der Waals surface area contributed by atoms with Gasteiger partial charge in [-0.15, -0.1) is 0 Å². The van der Waals surface area contributed by atoms with Gasteiger partial charge in [-0.1, -0.05) is 5.16 Å². The minimum atomic E-state index is -0.543. The van der Waals surface area contributed by atoms with Crippen molar-refractivity contribution in [3.63, 3.8) is 0 Å². The second-order valence-corrected chi connectivity index (χ2v) is 6.17. The molecule has 1 aromatic rings. The fraction of sp³-hybridized carbons (Fsp3) is 0.786. The Morgan fingerprint density at radius 3 is 2.62 bits per heavy atom. The molecule has 0 spiro atoms. The molecule has 3 N–H and O–H groups in total. The number of nitrogens with two attached hydrogens (primary N) is 1. The largest absolute Gasteiger partial charge is 0.391 e. The Bertz CT molecular complexity index is 500. The van der Waals surface area contributed by atoms with E-state index in [1.807, 2.05) is 4.90 Å². The van der Waals surface area contributed by atoms with Crippen LogP contribution in [0, 0.1) is 12.8 Å². The molecule has 21 heavy (non-hydrogen) atoms. The van der Waals surface area contributed by atoms with Gasteiger partial charge in [0.25, 0.3) is 0 Å². The van der Waals surface area contributed by atoms with E-state index in [0.717, 1.165) is 18.7 Å². The number of piperidine rings is 1. The van der Waals surface area contributed by atoms with Crippen molar-refractivity contribution in [1.82, 2.24) is 15.0 Å². The average molecular weight is 294 g/mol. The first-order valence-electron chi connectivity index (χ1n) is 7.57. The molecule has 1 amide bonds. The van der Waals surface area contributed by atoms with Gasteiger partial charge >= 0.3 is 0 Å². The quantitative estimate of drug-likeness (QED) is 0.806. The molecule has 0 unspecified atom stereocenters. The molecule has 1 saturated carbocycles. The molecule has 1 aliphatic heterocycles. The Kier molecular flexibility index (Phi) is 3.95. The number of hydrogen-bond donors (Lipinski definition) is 2. The number of carbonyl (C=O) groups excluding carboxylic acids is 1. The summed E-state index contributed by atoms with van der Waals surface area (Å²) in [6, 6.07) is -0.265. The van der Waals surface area contributed by atoms with Crippen molar-refractivity contribution >= 4 is 5.91 Å². The number of rotatable bonds is 2. The van der Waals surface area contributed by atoms with E-state index in [9.17, 15) is 9.90 Å². The Hall–Kier alpha value is -1.47. The fourth-order valence-corrected chi connectivity index (χ4v) is 3.35. The molecule has 7 heteroatoms. The lowest BCUT2D eigenvalue weighted by molar-refractivity contribution is -0.136. The summed E-state index contributed by atoms with van der Waals surface area (Å²) in [5, 5.41) is 13.7. The molecule has 2 aliphatic rings. The van der Waals surface area contributed by atoms with Crippen molar-refractivity contribution in [2.75, 3.05) is 13.1 Å². The molecule has 1 aliphatic carbocycles. The van der Waals surface area contributed by atoms with Gasteiger partial charge in [0.2, 0.25) is 11.8 Å². The number of likely N-dealkylation sites (tertiary alicyclic amines) is 1. The van der Waals surface area contributed by atoms with Crippen molar-refractivity contribution in [3.8, 4) is 0 Å². The molecule has 1 saturated heterocycles. The molecule has 0 radical (unpaired) electrons. The van der Waals surface area contributed by atoms with Crippen LogP contribution in [0.3, 0.4) is 0 Å². The number of amides is 1. The number of aromatic nitrogens is 2. The summed E-state index contributed by atoms with van der Waals surface area (Å²) in [7, 11) is 0. The number of aliphatic hydroxyl groups excluding tert-OH is 1. The Morgan fingerprint density at radius 2 is 2.10 bits per heavy atom. The third-order valence-electron chi connectivity index (χ3n) is 4.64. The van der Waals surface area contributed by atoms with E-state index in [-0.39, 0.29) is 23.8 Å². The first kappa shape index (κ1) is 14.5. The van der Waals surface area contributed by atoms with Gasteiger partial charge in [0.05, 0.1) is 6.10 Å². The van der Waals surface area contributed by atoms with E-state index in [2.05, 4.69) is 10.1 Å². The topological polar surface area (TPSA) is 105 Å². The van der Waals surface area contributed by atoms with Crippen LogP contribution in [0.2, 0.25) is 0 Å². The molecular formula is C14H22N4O3. The molecule has 116 valence electrons. The smallest absolute Gasteiger partial charge is 0.225 e. The zero-order valence-corrected chi connectivity index (χ0v) is 12.2. The summed E-state index contributed by atoms with van der Waals surface area (Å²) in [5.74, 6) is 1.60. The highest BCUT2D eigenvalue weighted by Gasteiger charge is 2.38. The van der Waals surface area contributed by atoms with Gasteiger partial charge in [0.15, 0.2) is 5.82 Å². The van der Waals surface area contributed by atoms with Gasteiger partial charge < -0.3 is 20.3 Å². The van der Waals surface area contributed by atoms with Gasteiger partial charge in [-0.25, -0.2) is 0 Å². The van der Waals surface area contributed by atoms with Crippen LogP contribution < -0.4 is 5.73 Å². The summed E-state index contributed by atoms with van der Waals surface area (Å²) < 4.78 is 5.01. The van der Waals surface area contributed by atoms with E-state index < -0.39 is 6.10 Å². The highest BCUT2D eigenvalue weighted by molar-refractivity contribution is 5.79. The molecular weight excluding hydrogens is 272 g/mol. The maximum atomic E-state index is 12.4. The fourth-order valence-electron chi connectivity index (χ4n) is 3.35. The molecule has 3 rings (SSSR count). The van der Waals surface area contributed by atoms with Crippen LogP contribution in [0.4, 0.5) is 0 Å². The summed E-state index contributed by atoms with van der Waals surface area (Å²) in [4.78, 5) is 18.6. The van der Waals surface area contributed by atoms with Crippen LogP contribution in [0.5, 0.6) is 0 Å². The Labute approximate surface area is 123 Å². The van der Waals surface area contributed by atoms with E-state index in [4.69, 9.17) is 10.3 Å². The Morgan fingerprint density at radius 1 is 1.38 bits per heavy atom. The van der Waals surface area contributed by atoms with Crippen molar-refractivity contribution in [3.05, 3.63) is 11.7 Å². The van der Waals surface area contributed by atoms with E-state index in [0.29, 0.717) is 31.8 Å². The van der Waals surface area contributed by atoms with Crippen LogP contribution in [-0.2, 0) is 4.79 Å². The maximum absolute atomic E-state index is 12.4. The standard InChI is InChI=1S/C14H22N4O3/c1-8-16-13(17-21-8)9-2-4-18(5-3-9)14(20)10-6-11(15)12(19)7-10/h9-12,19H,2-7,15H2,1H3/t10-,11-,12-/m0/s1. The number of carbonyl (C=O) groups is 1. The summed E-state index contributed by atoms with van der Waals surface area (Å²) in [5.41, 5.74) is 5.79. The van der Waals surface area contributed by atoms with E-state index in [1.165, 1.54) is 0 Å². The number of aliphatic hydroxyl groups is 1. The lowest BCUT2D eigenvalue weighted by Gasteiger charge is -2.32. The predicted molar refractivity (Wildman–Crippen MR) is 74.3 cm³/mol. The van der Waals surface area contributed by atoms with Crippen molar-refractivity contribution < 1.29 is 14.4 Å². The zero-order valence-electron chi connectivity index (χ0n) is 12.2.